The molecule has 0 saturated carbocycles. The van der Waals surface area contributed by atoms with Crippen LogP contribution in [-0.2, 0) is 14.8 Å². The summed E-state index contributed by atoms with van der Waals surface area (Å²) in [7, 11) is -3.95. The first-order valence-corrected chi connectivity index (χ1v) is 10.5. The van der Waals surface area contributed by atoms with Gasteiger partial charge in [0.05, 0.1) is 29.5 Å². The standard InChI is InChI=1S/C19H22N4O5S/c1-14-3-5-16(6-4-14)15(2)20-21-18-8-7-17(23(24)25)13-19(18)29(26,27)22-9-11-28-12-10-22/h3-8,13,21H,9-12H2,1-2H3/b20-15-. The van der Waals surface area contributed by atoms with Crippen LogP contribution in [0.25, 0.3) is 0 Å². The van der Waals surface area contributed by atoms with E-state index in [1.165, 1.54) is 16.4 Å². The monoisotopic (exact) mass is 418 g/mol. The molecule has 0 radical (unpaired) electrons. The van der Waals surface area contributed by atoms with E-state index in [1.54, 1.807) is 6.92 Å². The van der Waals surface area contributed by atoms with E-state index in [0.29, 0.717) is 5.71 Å². The summed E-state index contributed by atoms with van der Waals surface area (Å²) in [5.41, 5.74) is 5.28. The molecule has 2 aromatic rings. The van der Waals surface area contributed by atoms with E-state index in [0.717, 1.165) is 17.2 Å². The van der Waals surface area contributed by atoms with Gasteiger partial charge in [0.25, 0.3) is 5.69 Å². The van der Waals surface area contributed by atoms with Crippen LogP contribution in [0.1, 0.15) is 18.1 Å². The molecule has 0 bridgehead atoms. The van der Waals surface area contributed by atoms with E-state index < -0.39 is 14.9 Å². The van der Waals surface area contributed by atoms with Crippen LogP contribution in [0, 0.1) is 17.0 Å². The maximum absolute atomic E-state index is 13.1. The van der Waals surface area contributed by atoms with Crippen molar-refractivity contribution in [1.82, 2.24) is 4.31 Å². The van der Waals surface area contributed by atoms with Crippen LogP contribution < -0.4 is 5.43 Å². The van der Waals surface area contributed by atoms with E-state index in [1.807, 2.05) is 31.2 Å². The zero-order valence-corrected chi connectivity index (χ0v) is 17.0. The van der Waals surface area contributed by atoms with Crippen LogP contribution in [-0.4, -0.2) is 49.7 Å². The van der Waals surface area contributed by atoms with Crippen molar-refractivity contribution in [2.24, 2.45) is 5.10 Å². The minimum atomic E-state index is -3.95. The number of sulfonamides is 1. The summed E-state index contributed by atoms with van der Waals surface area (Å²) < 4.78 is 32.7. The van der Waals surface area contributed by atoms with Gasteiger partial charge in [0.2, 0.25) is 10.0 Å². The summed E-state index contributed by atoms with van der Waals surface area (Å²) in [6.45, 7) is 4.71. The Bertz CT molecular complexity index is 1030. The molecular weight excluding hydrogens is 396 g/mol. The summed E-state index contributed by atoms with van der Waals surface area (Å²) in [6.07, 6.45) is 0. The van der Waals surface area contributed by atoms with Gasteiger partial charge in [-0.15, -0.1) is 0 Å². The fraction of sp³-hybridized carbons (Fsp3) is 0.316. The molecule has 0 atom stereocenters. The molecule has 1 fully saturated rings. The Morgan fingerprint density at radius 2 is 1.83 bits per heavy atom. The second-order valence-corrected chi connectivity index (χ2v) is 8.54. The highest BCUT2D eigenvalue weighted by Crippen LogP contribution is 2.29. The molecule has 2 aromatic carbocycles. The first-order valence-electron chi connectivity index (χ1n) is 9.03. The van der Waals surface area contributed by atoms with Crippen molar-refractivity contribution in [3.05, 3.63) is 63.7 Å². The number of morpholine rings is 1. The number of rotatable bonds is 6. The Hall–Kier alpha value is -2.82. The molecule has 0 unspecified atom stereocenters. The highest BCUT2D eigenvalue weighted by Gasteiger charge is 2.30. The molecule has 1 aliphatic rings. The van der Waals surface area contributed by atoms with Gasteiger partial charge in [0, 0.05) is 25.2 Å². The average Bonchev–Trinajstić information content (AvgIpc) is 2.73. The van der Waals surface area contributed by atoms with Crippen molar-refractivity contribution in [2.45, 2.75) is 18.7 Å². The fourth-order valence-corrected chi connectivity index (χ4v) is 4.43. The van der Waals surface area contributed by atoms with Gasteiger partial charge in [-0.05, 0) is 25.5 Å². The van der Waals surface area contributed by atoms with Crippen LogP contribution in [0.2, 0.25) is 0 Å². The van der Waals surface area contributed by atoms with Crippen molar-refractivity contribution in [1.29, 1.82) is 0 Å². The molecule has 1 heterocycles. The van der Waals surface area contributed by atoms with Crippen LogP contribution in [0.15, 0.2) is 52.5 Å². The molecule has 10 heteroatoms. The normalized spacial score (nSPS) is 15.9. The van der Waals surface area contributed by atoms with E-state index in [4.69, 9.17) is 4.74 Å². The molecule has 0 aliphatic carbocycles. The summed E-state index contributed by atoms with van der Waals surface area (Å²) in [5.74, 6) is 0. The Labute approximate surface area is 169 Å². The molecule has 9 nitrogen and oxygen atoms in total. The van der Waals surface area contributed by atoms with Gasteiger partial charge in [-0.25, -0.2) is 8.42 Å². The molecule has 0 spiro atoms. The molecule has 1 aliphatic heterocycles. The minimum Gasteiger partial charge on any atom is -0.379 e. The summed E-state index contributed by atoms with van der Waals surface area (Å²) in [6, 6.07) is 11.4. The number of nitro groups is 1. The van der Waals surface area contributed by atoms with Crippen LogP contribution in [0.3, 0.4) is 0 Å². The lowest BCUT2D eigenvalue weighted by Gasteiger charge is -2.26. The minimum absolute atomic E-state index is 0.175. The maximum Gasteiger partial charge on any atom is 0.270 e. The predicted molar refractivity (Wildman–Crippen MR) is 110 cm³/mol. The lowest BCUT2D eigenvalue weighted by Crippen LogP contribution is -2.40. The SMILES string of the molecule is C/C(=N/Nc1ccc([N+](=O)[O-])cc1S(=O)(=O)N1CCOCC1)c1ccc(C)cc1. The van der Waals surface area contributed by atoms with E-state index in [9.17, 15) is 18.5 Å². The zero-order chi connectivity index (χ0) is 21.0. The van der Waals surface area contributed by atoms with E-state index in [2.05, 4.69) is 10.5 Å². The molecular formula is C19H22N4O5S. The number of hydrogen-bond acceptors (Lipinski definition) is 7. The molecule has 29 heavy (non-hydrogen) atoms. The van der Waals surface area contributed by atoms with Gasteiger partial charge in [-0.2, -0.15) is 9.41 Å². The number of nitrogens with one attached hydrogen (secondary N) is 1. The van der Waals surface area contributed by atoms with Gasteiger partial charge in [-0.3, -0.25) is 15.5 Å². The highest BCUT2D eigenvalue weighted by molar-refractivity contribution is 7.89. The number of nitro benzene ring substituents is 1. The molecule has 0 amide bonds. The van der Waals surface area contributed by atoms with Gasteiger partial charge >= 0.3 is 0 Å². The third-order valence-electron chi connectivity index (χ3n) is 4.58. The number of hydrazone groups is 1. The number of benzene rings is 2. The van der Waals surface area contributed by atoms with Crippen LogP contribution in [0.4, 0.5) is 11.4 Å². The number of hydrogen-bond donors (Lipinski definition) is 1. The molecule has 1 saturated heterocycles. The second kappa shape index (κ2) is 8.68. The van der Waals surface area contributed by atoms with Gasteiger partial charge in [0.15, 0.2) is 0 Å². The maximum atomic E-state index is 13.1. The molecule has 3 rings (SSSR count). The lowest BCUT2D eigenvalue weighted by molar-refractivity contribution is -0.385. The van der Waals surface area contributed by atoms with Crippen LogP contribution in [0.5, 0.6) is 0 Å². The van der Waals surface area contributed by atoms with Crippen molar-refractivity contribution in [2.75, 3.05) is 31.7 Å². The van der Waals surface area contributed by atoms with Crippen molar-refractivity contribution in [3.8, 4) is 0 Å². The van der Waals surface area contributed by atoms with E-state index in [-0.39, 0.29) is 42.6 Å². The fourth-order valence-electron chi connectivity index (χ4n) is 2.86. The number of aryl methyl sites for hydroxylation is 1. The molecule has 154 valence electrons. The second-order valence-electron chi connectivity index (χ2n) is 6.63. The molecule has 0 aromatic heterocycles. The zero-order valence-electron chi connectivity index (χ0n) is 16.2. The summed E-state index contributed by atoms with van der Waals surface area (Å²) >= 11 is 0. The van der Waals surface area contributed by atoms with Gasteiger partial charge in [0.1, 0.15) is 4.90 Å². The quantitative estimate of drug-likeness (QED) is 0.438. The third kappa shape index (κ3) is 4.78. The summed E-state index contributed by atoms with van der Waals surface area (Å²) in [4.78, 5) is 10.4. The summed E-state index contributed by atoms with van der Waals surface area (Å²) in [5, 5.41) is 15.5. The lowest BCUT2D eigenvalue weighted by atomic mass is 10.1. The Morgan fingerprint density at radius 1 is 1.17 bits per heavy atom. The first-order chi connectivity index (χ1) is 13.8. The largest absolute Gasteiger partial charge is 0.379 e. The first kappa shape index (κ1) is 20.9. The van der Waals surface area contributed by atoms with Crippen molar-refractivity contribution >= 4 is 27.1 Å². The topological polar surface area (TPSA) is 114 Å². The predicted octanol–water partition coefficient (Wildman–Crippen LogP) is 2.76. The number of ether oxygens (including phenoxy) is 1. The van der Waals surface area contributed by atoms with Crippen LogP contribution >= 0.6 is 0 Å². The Balaban J connectivity index is 1.96. The van der Waals surface area contributed by atoms with Crippen molar-refractivity contribution in [3.63, 3.8) is 0 Å². The average molecular weight is 418 g/mol. The Morgan fingerprint density at radius 3 is 2.45 bits per heavy atom. The van der Waals surface area contributed by atoms with E-state index >= 15 is 0 Å². The highest BCUT2D eigenvalue weighted by atomic mass is 32.2. The number of non-ortho nitro benzene ring substituents is 1. The molecule has 1 N–H and O–H groups in total. The van der Waals surface area contributed by atoms with Crippen molar-refractivity contribution < 1.29 is 18.1 Å². The smallest absolute Gasteiger partial charge is 0.270 e. The third-order valence-corrected chi connectivity index (χ3v) is 6.52. The number of anilines is 1. The van der Waals surface area contributed by atoms with Gasteiger partial charge < -0.3 is 4.74 Å². The van der Waals surface area contributed by atoms with Gasteiger partial charge in [-0.1, -0.05) is 29.8 Å². The number of nitrogens with zero attached hydrogens (tertiary/aromatic N) is 3. The Kier molecular flexibility index (Phi) is 6.26.